The highest BCUT2D eigenvalue weighted by Crippen LogP contribution is 2.30. The molecule has 0 aliphatic carbocycles. The van der Waals surface area contributed by atoms with Crippen LogP contribution in [0.25, 0.3) is 0 Å². The molecule has 126 valence electrons. The van der Waals surface area contributed by atoms with Crippen molar-refractivity contribution in [2.24, 2.45) is 0 Å². The second-order valence-electron chi connectivity index (χ2n) is 4.98. The molecule has 0 atom stereocenters. The summed E-state index contributed by atoms with van der Waals surface area (Å²) in [6.45, 7) is 2.96. The molecule has 1 N–H and O–H groups in total. The number of nitrogens with zero attached hydrogens (tertiary/aromatic N) is 3. The number of nitro groups is 1. The first-order valence-corrected chi connectivity index (χ1v) is 7.43. The number of nitrogens with one attached hydrogen (secondary N) is 1. The normalized spacial score (nSPS) is 10.5. The van der Waals surface area contributed by atoms with Gasteiger partial charge in [0.15, 0.2) is 0 Å². The zero-order valence-corrected chi connectivity index (χ0v) is 14.2. The highest BCUT2D eigenvalue weighted by Gasteiger charge is 2.20. The van der Waals surface area contributed by atoms with Gasteiger partial charge in [-0.1, -0.05) is 29.3 Å². The van der Waals surface area contributed by atoms with Crippen LogP contribution in [0.4, 0.5) is 11.4 Å². The molecule has 10 heteroatoms. The third-order valence-corrected chi connectivity index (χ3v) is 4.16. The van der Waals surface area contributed by atoms with Gasteiger partial charge in [0.05, 0.1) is 16.1 Å². The third-order valence-electron chi connectivity index (χ3n) is 3.41. The summed E-state index contributed by atoms with van der Waals surface area (Å²) < 4.78 is 0.820. The van der Waals surface area contributed by atoms with Crippen molar-refractivity contribution in [1.29, 1.82) is 0 Å². The molecule has 0 spiro atoms. The van der Waals surface area contributed by atoms with Crippen LogP contribution in [-0.2, 0) is 11.3 Å². The first kappa shape index (κ1) is 17.9. The van der Waals surface area contributed by atoms with Crippen LogP contribution >= 0.6 is 23.2 Å². The van der Waals surface area contributed by atoms with E-state index in [1.54, 1.807) is 19.9 Å². The Kier molecular flexibility index (Phi) is 5.20. The van der Waals surface area contributed by atoms with Crippen molar-refractivity contribution in [2.45, 2.75) is 20.4 Å². The molecule has 1 heterocycles. The Morgan fingerprint density at radius 2 is 2.04 bits per heavy atom. The van der Waals surface area contributed by atoms with E-state index in [9.17, 15) is 19.7 Å². The van der Waals surface area contributed by atoms with Gasteiger partial charge in [0.2, 0.25) is 5.91 Å². The maximum absolute atomic E-state index is 12.2. The van der Waals surface area contributed by atoms with Gasteiger partial charge in [0.25, 0.3) is 11.2 Å². The molecule has 0 unspecified atom stereocenters. The largest absolute Gasteiger partial charge is 0.319 e. The summed E-state index contributed by atoms with van der Waals surface area (Å²) >= 11 is 11.4. The molecule has 0 aliphatic rings. The summed E-state index contributed by atoms with van der Waals surface area (Å²) in [5, 5.41) is 17.0. The molecule has 0 saturated carbocycles. The van der Waals surface area contributed by atoms with E-state index in [2.05, 4.69) is 10.4 Å². The van der Waals surface area contributed by atoms with Crippen molar-refractivity contribution < 1.29 is 9.72 Å². The van der Waals surface area contributed by atoms with E-state index in [4.69, 9.17) is 23.2 Å². The van der Waals surface area contributed by atoms with Crippen LogP contribution in [0.5, 0.6) is 0 Å². The summed E-state index contributed by atoms with van der Waals surface area (Å²) in [5.74, 6) is -0.653. The van der Waals surface area contributed by atoms with Crippen molar-refractivity contribution in [3.8, 4) is 0 Å². The molecular weight excluding hydrogens is 359 g/mol. The highest BCUT2D eigenvalue weighted by atomic mass is 35.5. The lowest BCUT2D eigenvalue weighted by Gasteiger charge is -2.11. The number of carbonyl (C=O) groups is 1. The lowest BCUT2D eigenvalue weighted by atomic mass is 10.1. The van der Waals surface area contributed by atoms with E-state index in [0.29, 0.717) is 5.56 Å². The Balaban J connectivity index is 2.32. The zero-order valence-electron chi connectivity index (χ0n) is 12.7. The topological polar surface area (TPSA) is 107 Å². The SMILES string of the molecule is Cc1ccc([N+](=O)[O-])c(NC(=O)Cn2ncc(Cl)c(Cl)c2=O)c1C. The summed E-state index contributed by atoms with van der Waals surface area (Å²) in [6.07, 6.45) is 1.14. The van der Waals surface area contributed by atoms with Gasteiger partial charge >= 0.3 is 0 Å². The zero-order chi connectivity index (χ0) is 18.0. The van der Waals surface area contributed by atoms with E-state index in [-0.39, 0.29) is 21.4 Å². The van der Waals surface area contributed by atoms with Crippen LogP contribution in [0.15, 0.2) is 23.1 Å². The fraction of sp³-hybridized carbons (Fsp3) is 0.214. The fourth-order valence-corrected chi connectivity index (χ4v) is 2.25. The van der Waals surface area contributed by atoms with Gasteiger partial charge in [0, 0.05) is 6.07 Å². The molecule has 24 heavy (non-hydrogen) atoms. The number of carbonyl (C=O) groups excluding carboxylic acids is 1. The van der Waals surface area contributed by atoms with Crippen molar-refractivity contribution in [3.05, 3.63) is 60.0 Å². The number of hydrogen-bond donors (Lipinski definition) is 1. The molecule has 1 aromatic heterocycles. The molecule has 0 radical (unpaired) electrons. The Bertz CT molecular complexity index is 895. The molecule has 8 nitrogen and oxygen atoms in total. The van der Waals surface area contributed by atoms with E-state index in [1.807, 2.05) is 0 Å². The molecule has 2 aromatic rings. The smallest absolute Gasteiger partial charge is 0.293 e. The molecule has 0 aliphatic heterocycles. The molecule has 2 rings (SSSR count). The summed E-state index contributed by atoms with van der Waals surface area (Å²) in [7, 11) is 0. The average molecular weight is 371 g/mol. The fourth-order valence-electron chi connectivity index (χ4n) is 1.98. The van der Waals surface area contributed by atoms with Crippen molar-refractivity contribution in [2.75, 3.05) is 5.32 Å². The molecule has 0 saturated heterocycles. The van der Waals surface area contributed by atoms with E-state index in [0.717, 1.165) is 16.4 Å². The number of aromatic nitrogens is 2. The predicted octanol–water partition coefficient (Wildman–Crippen LogP) is 2.71. The van der Waals surface area contributed by atoms with Crippen molar-refractivity contribution in [3.63, 3.8) is 0 Å². The Morgan fingerprint density at radius 1 is 1.38 bits per heavy atom. The molecule has 1 amide bonds. The minimum absolute atomic E-state index is 0.0245. The van der Waals surface area contributed by atoms with Gasteiger partial charge in [-0.15, -0.1) is 0 Å². The summed E-state index contributed by atoms with van der Waals surface area (Å²) in [6, 6.07) is 2.90. The van der Waals surface area contributed by atoms with Gasteiger partial charge in [-0.25, -0.2) is 4.68 Å². The lowest BCUT2D eigenvalue weighted by Crippen LogP contribution is -2.30. The Labute approximate surface area is 146 Å². The summed E-state index contributed by atoms with van der Waals surface area (Å²) in [4.78, 5) is 34.6. The van der Waals surface area contributed by atoms with Crippen LogP contribution < -0.4 is 10.9 Å². The van der Waals surface area contributed by atoms with Crippen LogP contribution in [0.3, 0.4) is 0 Å². The number of hydrogen-bond acceptors (Lipinski definition) is 5. The number of benzene rings is 1. The number of amides is 1. The second-order valence-corrected chi connectivity index (χ2v) is 5.76. The third kappa shape index (κ3) is 3.55. The molecule has 0 fully saturated rings. The minimum Gasteiger partial charge on any atom is -0.319 e. The van der Waals surface area contributed by atoms with Crippen molar-refractivity contribution in [1.82, 2.24) is 9.78 Å². The molecular formula is C14H12Cl2N4O4. The van der Waals surface area contributed by atoms with Crippen LogP contribution in [0.2, 0.25) is 10.0 Å². The maximum atomic E-state index is 12.2. The predicted molar refractivity (Wildman–Crippen MR) is 89.7 cm³/mol. The van der Waals surface area contributed by atoms with Crippen LogP contribution in [-0.4, -0.2) is 20.6 Å². The van der Waals surface area contributed by atoms with Gasteiger partial charge in [-0.3, -0.25) is 19.7 Å². The van der Waals surface area contributed by atoms with E-state index >= 15 is 0 Å². The monoisotopic (exact) mass is 370 g/mol. The number of nitro benzene ring substituents is 1. The number of aryl methyl sites for hydroxylation is 1. The lowest BCUT2D eigenvalue weighted by molar-refractivity contribution is -0.384. The standard InChI is InChI=1S/C14H12Cl2N4O4/c1-7-3-4-10(20(23)24)13(8(7)2)18-11(21)6-19-14(22)12(16)9(15)5-17-19/h3-5H,6H2,1-2H3,(H,18,21). The Morgan fingerprint density at radius 3 is 2.67 bits per heavy atom. The van der Waals surface area contributed by atoms with Gasteiger partial charge in [0.1, 0.15) is 17.3 Å². The first-order chi connectivity index (χ1) is 11.2. The first-order valence-electron chi connectivity index (χ1n) is 6.68. The number of anilines is 1. The van der Waals surface area contributed by atoms with Gasteiger partial charge < -0.3 is 5.32 Å². The van der Waals surface area contributed by atoms with E-state index in [1.165, 1.54) is 6.07 Å². The number of halogens is 2. The molecule has 1 aromatic carbocycles. The Hall–Kier alpha value is -2.45. The van der Waals surface area contributed by atoms with E-state index < -0.39 is 22.9 Å². The van der Waals surface area contributed by atoms with Crippen LogP contribution in [0, 0.1) is 24.0 Å². The minimum atomic E-state index is -0.727. The molecule has 0 bridgehead atoms. The van der Waals surface area contributed by atoms with Gasteiger partial charge in [-0.05, 0) is 25.0 Å². The van der Waals surface area contributed by atoms with Crippen LogP contribution in [0.1, 0.15) is 11.1 Å². The maximum Gasteiger partial charge on any atom is 0.293 e. The van der Waals surface area contributed by atoms with Gasteiger partial charge in [-0.2, -0.15) is 5.10 Å². The van der Waals surface area contributed by atoms with Crippen molar-refractivity contribution >= 4 is 40.5 Å². The second kappa shape index (κ2) is 6.98. The number of rotatable bonds is 4. The highest BCUT2D eigenvalue weighted by molar-refractivity contribution is 6.41. The summed E-state index contributed by atoms with van der Waals surface area (Å²) in [5.41, 5.74) is 0.460. The quantitative estimate of drug-likeness (QED) is 0.657. The average Bonchev–Trinajstić information content (AvgIpc) is 2.52.